The molecule has 0 bridgehead atoms. The quantitative estimate of drug-likeness (QED) is 0.914. The lowest BCUT2D eigenvalue weighted by Crippen LogP contribution is -2.41. The number of halogens is 3. The Labute approximate surface area is 127 Å². The largest absolute Gasteiger partial charge is 0.493 e. The summed E-state index contributed by atoms with van der Waals surface area (Å²) in [7, 11) is 0. The van der Waals surface area contributed by atoms with Gasteiger partial charge in [0.05, 0.1) is 18.1 Å². The lowest BCUT2D eigenvalue weighted by atomic mass is 9.85. The normalized spacial score (nSPS) is 22.2. The maximum atomic E-state index is 12.8. The highest BCUT2D eigenvalue weighted by Crippen LogP contribution is 2.37. The van der Waals surface area contributed by atoms with E-state index in [0.717, 1.165) is 0 Å². The second-order valence-electron chi connectivity index (χ2n) is 5.50. The van der Waals surface area contributed by atoms with E-state index in [0.29, 0.717) is 30.8 Å². The van der Waals surface area contributed by atoms with Crippen LogP contribution in [0.15, 0.2) is 24.3 Å². The number of alkyl halides is 3. The van der Waals surface area contributed by atoms with Crippen molar-refractivity contribution in [1.29, 1.82) is 0 Å². The summed E-state index contributed by atoms with van der Waals surface area (Å²) in [5.74, 6) is -1.25. The van der Waals surface area contributed by atoms with Gasteiger partial charge in [0.1, 0.15) is 5.75 Å². The number of para-hydroxylation sites is 1. The summed E-state index contributed by atoms with van der Waals surface area (Å²) in [5, 5.41) is 2.72. The molecule has 6 heteroatoms. The fourth-order valence-electron chi connectivity index (χ4n) is 2.82. The molecule has 0 spiro atoms. The predicted octanol–water partition coefficient (Wildman–Crippen LogP) is 3.94. The third kappa shape index (κ3) is 4.15. The Hall–Kier alpha value is -1.72. The van der Waals surface area contributed by atoms with E-state index in [4.69, 9.17) is 4.74 Å². The molecule has 0 saturated heterocycles. The Bertz CT molecular complexity index is 516. The summed E-state index contributed by atoms with van der Waals surface area (Å²) in [4.78, 5) is 12.3. The summed E-state index contributed by atoms with van der Waals surface area (Å²) in [6.07, 6.45) is -3.04. The number of rotatable bonds is 4. The van der Waals surface area contributed by atoms with Crippen molar-refractivity contribution >= 4 is 5.91 Å². The summed E-state index contributed by atoms with van der Waals surface area (Å²) < 4.78 is 43.8. The highest BCUT2D eigenvalue weighted by molar-refractivity contribution is 5.97. The molecule has 22 heavy (non-hydrogen) atoms. The van der Waals surface area contributed by atoms with E-state index >= 15 is 0 Å². The van der Waals surface area contributed by atoms with Crippen molar-refractivity contribution < 1.29 is 22.7 Å². The molecule has 1 fully saturated rings. The summed E-state index contributed by atoms with van der Waals surface area (Å²) in [6.45, 7) is 2.23. The van der Waals surface area contributed by atoms with Crippen molar-refractivity contribution in [3.63, 3.8) is 0 Å². The molecule has 122 valence electrons. The average molecular weight is 315 g/mol. The highest BCUT2D eigenvalue weighted by Gasteiger charge is 2.42. The third-order valence-electron chi connectivity index (χ3n) is 3.90. The van der Waals surface area contributed by atoms with E-state index in [2.05, 4.69) is 5.32 Å². The van der Waals surface area contributed by atoms with Crippen molar-refractivity contribution in [2.45, 2.75) is 44.8 Å². The third-order valence-corrected chi connectivity index (χ3v) is 3.90. The maximum absolute atomic E-state index is 12.8. The molecule has 1 aromatic carbocycles. The van der Waals surface area contributed by atoms with E-state index in [1.807, 2.05) is 6.92 Å². The lowest BCUT2D eigenvalue weighted by Gasteiger charge is -2.31. The standard InChI is InChI=1S/C16H20F3NO2/c1-2-22-14-9-4-3-8-13(14)15(21)20-12-7-5-6-11(10-12)16(17,18)19/h3-4,8-9,11-12H,2,5-7,10H2,1H3,(H,20,21). The van der Waals surface area contributed by atoms with E-state index in [1.54, 1.807) is 24.3 Å². The number of amides is 1. The Morgan fingerprint density at radius 1 is 1.32 bits per heavy atom. The maximum Gasteiger partial charge on any atom is 0.391 e. The second-order valence-corrected chi connectivity index (χ2v) is 5.50. The molecule has 1 aliphatic carbocycles. The Balaban J connectivity index is 2.03. The number of carbonyl (C=O) groups excluding carboxylic acids is 1. The summed E-state index contributed by atoms with van der Waals surface area (Å²) in [5.41, 5.74) is 0.360. The molecule has 1 saturated carbocycles. The molecule has 1 amide bonds. The molecule has 0 heterocycles. The first-order chi connectivity index (χ1) is 10.4. The average Bonchev–Trinajstić information content (AvgIpc) is 2.47. The first-order valence-corrected chi connectivity index (χ1v) is 7.51. The minimum atomic E-state index is -4.19. The fraction of sp³-hybridized carbons (Fsp3) is 0.562. The van der Waals surface area contributed by atoms with Gasteiger partial charge in [0.25, 0.3) is 5.91 Å². The van der Waals surface area contributed by atoms with Gasteiger partial charge >= 0.3 is 6.18 Å². The van der Waals surface area contributed by atoms with E-state index in [-0.39, 0.29) is 18.7 Å². The Morgan fingerprint density at radius 2 is 2.05 bits per heavy atom. The van der Waals surface area contributed by atoms with Gasteiger partial charge in [0.2, 0.25) is 0 Å². The minimum absolute atomic E-state index is 0.0496. The number of hydrogen-bond donors (Lipinski definition) is 1. The molecule has 1 N–H and O–H groups in total. The molecule has 2 unspecified atom stereocenters. The van der Waals surface area contributed by atoms with E-state index < -0.39 is 18.1 Å². The molecule has 0 aromatic heterocycles. The van der Waals surface area contributed by atoms with Gasteiger partial charge in [0, 0.05) is 6.04 Å². The lowest BCUT2D eigenvalue weighted by molar-refractivity contribution is -0.183. The Morgan fingerprint density at radius 3 is 2.73 bits per heavy atom. The molecule has 2 rings (SSSR count). The van der Waals surface area contributed by atoms with Crippen LogP contribution in [-0.4, -0.2) is 24.7 Å². The highest BCUT2D eigenvalue weighted by atomic mass is 19.4. The van der Waals surface area contributed by atoms with Gasteiger partial charge in [-0.05, 0) is 38.3 Å². The van der Waals surface area contributed by atoms with Crippen molar-refractivity contribution in [2.75, 3.05) is 6.61 Å². The SMILES string of the molecule is CCOc1ccccc1C(=O)NC1CCCC(C(F)(F)F)C1. The van der Waals surface area contributed by atoms with E-state index in [9.17, 15) is 18.0 Å². The molecule has 1 aliphatic rings. The molecule has 1 aromatic rings. The van der Waals surface area contributed by atoms with Crippen molar-refractivity contribution in [1.82, 2.24) is 5.32 Å². The van der Waals surface area contributed by atoms with Crippen LogP contribution in [0.25, 0.3) is 0 Å². The Kier molecular flexibility index (Phi) is 5.32. The van der Waals surface area contributed by atoms with E-state index in [1.165, 1.54) is 0 Å². The summed E-state index contributed by atoms with van der Waals surface area (Å²) >= 11 is 0. The zero-order valence-corrected chi connectivity index (χ0v) is 12.5. The van der Waals surface area contributed by atoms with Crippen LogP contribution in [-0.2, 0) is 0 Å². The molecule has 2 atom stereocenters. The van der Waals surface area contributed by atoms with Crippen LogP contribution in [0.5, 0.6) is 5.75 Å². The van der Waals surface area contributed by atoms with Crippen LogP contribution in [0.3, 0.4) is 0 Å². The first kappa shape index (κ1) is 16.6. The zero-order chi connectivity index (χ0) is 16.2. The minimum Gasteiger partial charge on any atom is -0.493 e. The number of carbonyl (C=O) groups is 1. The van der Waals surface area contributed by atoms with Gasteiger partial charge in [-0.25, -0.2) is 0 Å². The van der Waals surface area contributed by atoms with Crippen molar-refractivity contribution in [2.24, 2.45) is 5.92 Å². The molecule has 0 radical (unpaired) electrons. The van der Waals surface area contributed by atoms with Crippen LogP contribution in [0.1, 0.15) is 43.0 Å². The number of benzene rings is 1. The fourth-order valence-corrected chi connectivity index (χ4v) is 2.82. The number of ether oxygens (including phenoxy) is 1. The van der Waals surface area contributed by atoms with Crippen LogP contribution < -0.4 is 10.1 Å². The van der Waals surface area contributed by atoms with Gasteiger partial charge < -0.3 is 10.1 Å². The van der Waals surface area contributed by atoms with Crippen molar-refractivity contribution in [3.8, 4) is 5.75 Å². The number of hydrogen-bond acceptors (Lipinski definition) is 2. The van der Waals surface area contributed by atoms with Gasteiger partial charge in [0.15, 0.2) is 0 Å². The molecule has 3 nitrogen and oxygen atoms in total. The summed E-state index contributed by atoms with van der Waals surface area (Å²) in [6, 6.07) is 6.31. The monoisotopic (exact) mass is 315 g/mol. The topological polar surface area (TPSA) is 38.3 Å². The van der Waals surface area contributed by atoms with Crippen LogP contribution in [0.4, 0.5) is 13.2 Å². The van der Waals surface area contributed by atoms with Gasteiger partial charge in [-0.3, -0.25) is 4.79 Å². The molecular weight excluding hydrogens is 295 g/mol. The molecule has 0 aliphatic heterocycles. The van der Waals surface area contributed by atoms with Gasteiger partial charge in [-0.1, -0.05) is 18.6 Å². The zero-order valence-electron chi connectivity index (χ0n) is 12.5. The first-order valence-electron chi connectivity index (χ1n) is 7.51. The number of nitrogens with one attached hydrogen (secondary N) is 1. The molecular formula is C16H20F3NO2. The van der Waals surface area contributed by atoms with Gasteiger partial charge in [-0.15, -0.1) is 0 Å². The van der Waals surface area contributed by atoms with Crippen LogP contribution in [0.2, 0.25) is 0 Å². The smallest absolute Gasteiger partial charge is 0.391 e. The van der Waals surface area contributed by atoms with Crippen LogP contribution in [0, 0.1) is 5.92 Å². The van der Waals surface area contributed by atoms with Crippen LogP contribution >= 0.6 is 0 Å². The second kappa shape index (κ2) is 7.03. The van der Waals surface area contributed by atoms with Gasteiger partial charge in [-0.2, -0.15) is 13.2 Å². The predicted molar refractivity (Wildman–Crippen MR) is 76.9 cm³/mol. The van der Waals surface area contributed by atoms with Crippen molar-refractivity contribution in [3.05, 3.63) is 29.8 Å².